The Morgan fingerprint density at radius 1 is 1.00 bits per heavy atom. The van der Waals surface area contributed by atoms with Crippen molar-refractivity contribution >= 4 is 39.9 Å². The molecule has 0 saturated heterocycles. The first-order valence-corrected chi connectivity index (χ1v) is 8.84. The van der Waals surface area contributed by atoms with Gasteiger partial charge in [0, 0.05) is 38.7 Å². The Morgan fingerprint density at radius 3 is 2.56 bits per heavy atom. The van der Waals surface area contributed by atoms with Crippen molar-refractivity contribution in [2.24, 2.45) is 0 Å². The molecule has 0 fully saturated rings. The van der Waals surface area contributed by atoms with Crippen LogP contribution in [0.15, 0.2) is 59.0 Å². The Balaban J connectivity index is 2.00. The fourth-order valence-corrected chi connectivity index (χ4v) is 3.66. The molecule has 0 atom stereocenters. The maximum atomic E-state index is 11.1. The first kappa shape index (κ1) is 17.6. The van der Waals surface area contributed by atoms with Crippen molar-refractivity contribution in [2.75, 3.05) is 0 Å². The zero-order valence-electron chi connectivity index (χ0n) is 14.1. The molecule has 0 N–H and O–H groups in total. The lowest BCUT2D eigenvalue weighted by Gasteiger charge is -2.11. The molecular formula is C21H12Cl2NO3. The highest BCUT2D eigenvalue weighted by Crippen LogP contribution is 2.40. The Labute approximate surface area is 165 Å². The van der Waals surface area contributed by atoms with E-state index >= 15 is 0 Å². The average molecular weight is 397 g/mol. The average Bonchev–Trinajstić information content (AvgIpc) is 3.02. The minimum Gasteiger partial charge on any atom is -0.452 e. The van der Waals surface area contributed by atoms with Gasteiger partial charge in [-0.15, -0.1) is 0 Å². The molecule has 6 heteroatoms. The minimum atomic E-state index is -0.413. The normalized spacial score (nSPS) is 11.1. The summed E-state index contributed by atoms with van der Waals surface area (Å²) < 4.78 is 5.59. The number of non-ortho nitro benzene ring substituents is 1. The van der Waals surface area contributed by atoms with E-state index in [0.717, 1.165) is 27.6 Å². The van der Waals surface area contributed by atoms with Crippen LogP contribution in [0.4, 0.5) is 5.69 Å². The number of aryl methyl sites for hydroxylation is 1. The van der Waals surface area contributed by atoms with E-state index in [1.54, 1.807) is 18.2 Å². The van der Waals surface area contributed by atoms with E-state index in [0.29, 0.717) is 21.2 Å². The molecule has 4 nitrogen and oxygen atoms in total. The largest absolute Gasteiger partial charge is 0.452 e. The van der Waals surface area contributed by atoms with E-state index in [4.69, 9.17) is 27.6 Å². The van der Waals surface area contributed by atoms with E-state index < -0.39 is 4.92 Å². The molecule has 0 unspecified atom stereocenters. The van der Waals surface area contributed by atoms with Gasteiger partial charge in [0.2, 0.25) is 0 Å². The smallest absolute Gasteiger partial charge is 0.270 e. The lowest BCUT2D eigenvalue weighted by atomic mass is 9.94. The molecule has 0 spiro atoms. The molecule has 3 aromatic carbocycles. The number of halogens is 2. The molecule has 0 aliphatic rings. The van der Waals surface area contributed by atoms with E-state index in [1.165, 1.54) is 12.1 Å². The van der Waals surface area contributed by atoms with Gasteiger partial charge in [0.1, 0.15) is 5.58 Å². The minimum absolute atomic E-state index is 0.0286. The van der Waals surface area contributed by atoms with Crippen LogP contribution in [0.3, 0.4) is 0 Å². The van der Waals surface area contributed by atoms with Crippen molar-refractivity contribution in [1.82, 2.24) is 0 Å². The van der Waals surface area contributed by atoms with E-state index in [2.05, 4.69) is 6.26 Å². The summed E-state index contributed by atoms with van der Waals surface area (Å²) in [7, 11) is 0. The number of nitrogens with zero attached hydrogens (tertiary/aromatic N) is 1. The van der Waals surface area contributed by atoms with Crippen molar-refractivity contribution in [3.8, 4) is 22.3 Å². The fraction of sp³-hybridized carbons (Fsp3) is 0.0476. The highest BCUT2D eigenvalue weighted by Gasteiger charge is 2.16. The maximum absolute atomic E-state index is 11.1. The Hall–Kier alpha value is -2.82. The zero-order chi connectivity index (χ0) is 19.1. The highest BCUT2D eigenvalue weighted by atomic mass is 35.5. The monoisotopic (exact) mass is 396 g/mol. The molecule has 0 saturated carbocycles. The van der Waals surface area contributed by atoms with Gasteiger partial charge < -0.3 is 4.42 Å². The number of hydrogen-bond acceptors (Lipinski definition) is 3. The van der Waals surface area contributed by atoms with Crippen LogP contribution < -0.4 is 0 Å². The Morgan fingerprint density at radius 2 is 1.81 bits per heavy atom. The lowest BCUT2D eigenvalue weighted by molar-refractivity contribution is -0.384. The van der Waals surface area contributed by atoms with E-state index in [1.807, 2.05) is 31.2 Å². The lowest BCUT2D eigenvalue weighted by Crippen LogP contribution is -1.89. The summed E-state index contributed by atoms with van der Waals surface area (Å²) in [6.45, 7) is 1.91. The summed E-state index contributed by atoms with van der Waals surface area (Å²) >= 11 is 12.5. The van der Waals surface area contributed by atoms with Crippen molar-refractivity contribution in [2.45, 2.75) is 6.92 Å². The SMILES string of the molecule is Cc1[c]oc2cc(-c3cccc([N+](=O)[O-])c3)cc(-c3ccc(Cl)cc3Cl)c12. The maximum Gasteiger partial charge on any atom is 0.270 e. The van der Waals surface area contributed by atoms with Crippen LogP contribution in [0.5, 0.6) is 0 Å². The topological polar surface area (TPSA) is 56.3 Å². The second-order valence-corrected chi connectivity index (χ2v) is 7.00. The molecule has 133 valence electrons. The van der Waals surface area contributed by atoms with Gasteiger partial charge in [-0.2, -0.15) is 0 Å². The molecular weight excluding hydrogens is 385 g/mol. The molecule has 4 aromatic rings. The van der Waals surface area contributed by atoms with Crippen LogP contribution >= 0.6 is 23.2 Å². The van der Waals surface area contributed by atoms with Crippen LogP contribution in [0.1, 0.15) is 5.56 Å². The number of fused-ring (bicyclic) bond motifs is 1. The predicted molar refractivity (Wildman–Crippen MR) is 107 cm³/mol. The molecule has 0 aliphatic carbocycles. The van der Waals surface area contributed by atoms with Crippen molar-refractivity contribution in [3.05, 3.63) is 86.6 Å². The van der Waals surface area contributed by atoms with Gasteiger partial charge >= 0.3 is 0 Å². The molecule has 27 heavy (non-hydrogen) atoms. The van der Waals surface area contributed by atoms with Gasteiger partial charge in [0.05, 0.1) is 4.92 Å². The summed E-state index contributed by atoms with van der Waals surface area (Å²) in [5.74, 6) is 0. The molecule has 1 radical (unpaired) electrons. The highest BCUT2D eigenvalue weighted by molar-refractivity contribution is 6.36. The van der Waals surface area contributed by atoms with Gasteiger partial charge in [-0.05, 0) is 47.9 Å². The third-order valence-corrected chi connectivity index (χ3v) is 4.95. The van der Waals surface area contributed by atoms with Gasteiger partial charge in [-0.1, -0.05) is 41.4 Å². The number of nitro benzene ring substituents is 1. The molecule has 4 rings (SSSR count). The molecule has 0 bridgehead atoms. The van der Waals surface area contributed by atoms with Crippen LogP contribution in [0.2, 0.25) is 10.0 Å². The van der Waals surface area contributed by atoms with Gasteiger partial charge in [0.25, 0.3) is 5.69 Å². The quantitative estimate of drug-likeness (QED) is 0.274. The third kappa shape index (κ3) is 3.18. The standard InChI is InChI=1S/C21H12Cl2NO3/c1-12-11-27-20-9-14(13-3-2-4-16(7-13)24(25)26)8-18(21(12)20)17-6-5-15(22)10-19(17)23/h2-10H,1H3. The van der Waals surface area contributed by atoms with Crippen LogP contribution in [0, 0.1) is 23.3 Å². The molecule has 0 aliphatic heterocycles. The van der Waals surface area contributed by atoms with Crippen LogP contribution in [-0.2, 0) is 0 Å². The first-order valence-electron chi connectivity index (χ1n) is 8.09. The third-order valence-electron chi connectivity index (χ3n) is 4.40. The van der Waals surface area contributed by atoms with Gasteiger partial charge in [-0.25, -0.2) is 0 Å². The second-order valence-electron chi connectivity index (χ2n) is 6.16. The number of rotatable bonds is 3. The zero-order valence-corrected chi connectivity index (χ0v) is 15.6. The van der Waals surface area contributed by atoms with Gasteiger partial charge in [0.15, 0.2) is 6.26 Å². The predicted octanol–water partition coefficient (Wildman–Crippen LogP) is 7.09. The first-order chi connectivity index (χ1) is 12.9. The molecule has 1 aromatic heterocycles. The van der Waals surface area contributed by atoms with Crippen LogP contribution in [0.25, 0.3) is 33.2 Å². The summed E-state index contributed by atoms with van der Waals surface area (Å²) in [6.07, 6.45) is 2.87. The number of nitro groups is 1. The van der Waals surface area contributed by atoms with Gasteiger partial charge in [-0.3, -0.25) is 10.1 Å². The number of hydrogen-bond donors (Lipinski definition) is 0. The molecule has 1 heterocycles. The number of benzene rings is 3. The second kappa shape index (κ2) is 6.72. The van der Waals surface area contributed by atoms with E-state index in [9.17, 15) is 10.1 Å². The number of furan rings is 1. The summed E-state index contributed by atoms with van der Waals surface area (Å²) in [5, 5.41) is 13.1. The summed E-state index contributed by atoms with van der Waals surface area (Å²) in [6, 6.07) is 15.6. The van der Waals surface area contributed by atoms with E-state index in [-0.39, 0.29) is 5.69 Å². The molecule has 0 amide bonds. The van der Waals surface area contributed by atoms with Crippen molar-refractivity contribution in [3.63, 3.8) is 0 Å². The van der Waals surface area contributed by atoms with Crippen LogP contribution in [-0.4, -0.2) is 4.92 Å². The summed E-state index contributed by atoms with van der Waals surface area (Å²) in [5.41, 5.74) is 4.69. The Bertz CT molecular complexity index is 1200. The fourth-order valence-electron chi connectivity index (χ4n) is 3.15. The summed E-state index contributed by atoms with van der Waals surface area (Å²) in [4.78, 5) is 10.7. The Kier molecular flexibility index (Phi) is 4.38. The van der Waals surface area contributed by atoms with Crippen molar-refractivity contribution in [1.29, 1.82) is 0 Å². The van der Waals surface area contributed by atoms with Crippen molar-refractivity contribution < 1.29 is 9.34 Å².